The SMILES string of the molecule is C/C(=C(\F)C(=O)Nc1ccc(-c2ccccc2S(=O)ON)cc1F)c1cccc(C(=N)N)c1. The molecular weight excluding hydrogens is 450 g/mol. The molecule has 170 valence electrons. The van der Waals surface area contributed by atoms with Gasteiger partial charge in [-0.25, -0.2) is 13.0 Å². The predicted molar refractivity (Wildman–Crippen MR) is 123 cm³/mol. The first kappa shape index (κ1) is 23.9. The van der Waals surface area contributed by atoms with Crippen molar-refractivity contribution in [3.8, 4) is 11.1 Å². The standard InChI is InChI=1S/C23H20F2N4O3S/c1-13(14-5-4-6-16(11-14)22(26)27)21(25)23(30)29-19-10-9-15(12-18(19)24)17-7-2-3-8-20(17)33(31)32-28/h2-12H,28H2,1H3,(H3,26,27)(H,29,30)/b21-13+. The summed E-state index contributed by atoms with van der Waals surface area (Å²) in [5, 5.41) is 9.69. The van der Waals surface area contributed by atoms with Crippen LogP contribution in [0, 0.1) is 11.2 Å². The highest BCUT2D eigenvalue weighted by Crippen LogP contribution is 2.30. The predicted octanol–water partition coefficient (Wildman–Crippen LogP) is 4.03. The Morgan fingerprint density at radius 1 is 1.06 bits per heavy atom. The Balaban J connectivity index is 1.87. The van der Waals surface area contributed by atoms with Gasteiger partial charge in [0.25, 0.3) is 5.91 Å². The number of nitrogen functional groups attached to an aromatic ring is 1. The van der Waals surface area contributed by atoms with Gasteiger partial charge in [0.1, 0.15) is 11.7 Å². The molecule has 0 aliphatic heterocycles. The van der Waals surface area contributed by atoms with Crippen molar-refractivity contribution in [3.63, 3.8) is 0 Å². The van der Waals surface area contributed by atoms with E-state index >= 15 is 0 Å². The summed E-state index contributed by atoms with van der Waals surface area (Å²) in [6, 6.07) is 16.5. The zero-order valence-electron chi connectivity index (χ0n) is 17.4. The third-order valence-corrected chi connectivity index (χ3v) is 5.71. The molecule has 3 rings (SSSR count). The molecule has 0 spiro atoms. The van der Waals surface area contributed by atoms with Gasteiger partial charge in [0.15, 0.2) is 5.83 Å². The maximum absolute atomic E-state index is 14.8. The van der Waals surface area contributed by atoms with E-state index in [1.165, 1.54) is 31.2 Å². The third-order valence-electron chi connectivity index (χ3n) is 4.82. The van der Waals surface area contributed by atoms with E-state index in [9.17, 15) is 17.8 Å². The Morgan fingerprint density at radius 3 is 2.42 bits per heavy atom. The van der Waals surface area contributed by atoms with Gasteiger partial charge in [0.2, 0.25) is 11.1 Å². The fourth-order valence-electron chi connectivity index (χ4n) is 3.08. The van der Waals surface area contributed by atoms with Gasteiger partial charge in [-0.15, -0.1) is 0 Å². The Labute approximate surface area is 191 Å². The minimum atomic E-state index is -1.95. The topological polar surface area (TPSA) is 131 Å². The molecule has 0 heterocycles. The van der Waals surface area contributed by atoms with Crippen LogP contribution in [-0.4, -0.2) is 16.0 Å². The van der Waals surface area contributed by atoms with Crippen LogP contribution >= 0.6 is 0 Å². The number of amides is 1. The Kier molecular flexibility index (Phi) is 7.44. The molecule has 10 heteroatoms. The first-order chi connectivity index (χ1) is 15.7. The maximum Gasteiger partial charge on any atom is 0.284 e. The van der Waals surface area contributed by atoms with Crippen molar-refractivity contribution in [2.45, 2.75) is 11.8 Å². The first-order valence-corrected chi connectivity index (χ1v) is 10.6. The second-order valence-electron chi connectivity index (χ2n) is 6.91. The van der Waals surface area contributed by atoms with E-state index in [-0.39, 0.29) is 22.0 Å². The lowest BCUT2D eigenvalue weighted by atomic mass is 10.0. The number of hydrogen-bond acceptors (Lipinski definition) is 5. The fraction of sp³-hybridized carbons (Fsp3) is 0.0435. The molecule has 0 saturated heterocycles. The summed E-state index contributed by atoms with van der Waals surface area (Å²) in [4.78, 5) is 12.6. The molecule has 1 unspecified atom stereocenters. The number of benzene rings is 3. The number of hydrogen-bond donors (Lipinski definition) is 4. The van der Waals surface area contributed by atoms with Gasteiger partial charge in [0.05, 0.1) is 10.6 Å². The van der Waals surface area contributed by atoms with Crippen LogP contribution in [0.1, 0.15) is 18.1 Å². The highest BCUT2D eigenvalue weighted by molar-refractivity contribution is 7.80. The molecule has 3 aromatic carbocycles. The average molecular weight is 471 g/mol. The molecule has 3 aromatic rings. The molecular formula is C23H20F2N4O3S. The quantitative estimate of drug-likeness (QED) is 0.179. The van der Waals surface area contributed by atoms with Gasteiger partial charge < -0.3 is 11.1 Å². The molecule has 0 aromatic heterocycles. The number of anilines is 1. The van der Waals surface area contributed by atoms with Gasteiger partial charge in [-0.05, 0) is 47.9 Å². The van der Waals surface area contributed by atoms with Crippen LogP contribution in [-0.2, 0) is 20.2 Å². The highest BCUT2D eigenvalue weighted by Gasteiger charge is 2.18. The average Bonchev–Trinajstić information content (AvgIpc) is 2.83. The van der Waals surface area contributed by atoms with E-state index in [1.54, 1.807) is 36.4 Å². The second-order valence-corrected chi connectivity index (χ2v) is 8.01. The van der Waals surface area contributed by atoms with Gasteiger partial charge in [-0.1, -0.05) is 42.5 Å². The third kappa shape index (κ3) is 5.37. The number of halogens is 2. The number of rotatable bonds is 7. The van der Waals surface area contributed by atoms with E-state index < -0.39 is 28.6 Å². The van der Waals surface area contributed by atoms with E-state index in [0.717, 1.165) is 6.07 Å². The minimum Gasteiger partial charge on any atom is -0.384 e. The normalized spacial score (nSPS) is 12.6. The second kappa shape index (κ2) is 10.3. The van der Waals surface area contributed by atoms with Crippen molar-refractivity contribution in [1.29, 1.82) is 5.41 Å². The van der Waals surface area contributed by atoms with Crippen LogP contribution in [0.4, 0.5) is 14.5 Å². The maximum atomic E-state index is 14.8. The van der Waals surface area contributed by atoms with Crippen LogP contribution < -0.4 is 16.9 Å². The van der Waals surface area contributed by atoms with E-state index in [1.807, 2.05) is 0 Å². The molecule has 0 radical (unpaired) electrons. The zero-order valence-corrected chi connectivity index (χ0v) is 18.2. The molecule has 0 aliphatic rings. The lowest BCUT2D eigenvalue weighted by Gasteiger charge is -2.11. The number of amidine groups is 1. The lowest BCUT2D eigenvalue weighted by Crippen LogP contribution is -2.14. The number of allylic oxidation sites excluding steroid dienone is 1. The number of nitrogens with one attached hydrogen (secondary N) is 2. The van der Waals surface area contributed by atoms with E-state index in [2.05, 4.69) is 9.60 Å². The van der Waals surface area contributed by atoms with E-state index in [4.69, 9.17) is 17.0 Å². The van der Waals surface area contributed by atoms with Crippen molar-refractivity contribution >= 4 is 34.1 Å². The van der Waals surface area contributed by atoms with Gasteiger partial charge >= 0.3 is 0 Å². The van der Waals surface area contributed by atoms with Gasteiger partial charge in [-0.2, -0.15) is 10.2 Å². The summed E-state index contributed by atoms with van der Waals surface area (Å²) in [5.74, 6) is 1.74. The van der Waals surface area contributed by atoms with Crippen LogP contribution in [0.5, 0.6) is 0 Å². The summed E-state index contributed by atoms with van der Waals surface area (Å²) in [7, 11) is 0. The Hall–Kier alpha value is -3.73. The number of nitrogens with two attached hydrogens (primary N) is 2. The highest BCUT2D eigenvalue weighted by atomic mass is 32.2. The molecule has 0 saturated carbocycles. The van der Waals surface area contributed by atoms with Crippen molar-refractivity contribution < 1.29 is 22.1 Å². The molecule has 0 bridgehead atoms. The van der Waals surface area contributed by atoms with Crippen molar-refractivity contribution in [2.75, 3.05) is 5.32 Å². The molecule has 0 fully saturated rings. The Morgan fingerprint density at radius 2 is 1.76 bits per heavy atom. The van der Waals surface area contributed by atoms with Crippen LogP contribution in [0.25, 0.3) is 16.7 Å². The van der Waals surface area contributed by atoms with Crippen LogP contribution in [0.15, 0.2) is 77.5 Å². The van der Waals surface area contributed by atoms with Gasteiger partial charge in [0, 0.05) is 11.1 Å². The van der Waals surface area contributed by atoms with E-state index in [0.29, 0.717) is 22.3 Å². The summed E-state index contributed by atoms with van der Waals surface area (Å²) in [6.07, 6.45) is 0. The molecule has 1 amide bonds. The molecule has 33 heavy (non-hydrogen) atoms. The first-order valence-electron chi connectivity index (χ1n) is 9.53. The number of carbonyl (C=O) groups is 1. The van der Waals surface area contributed by atoms with Crippen molar-refractivity contribution in [3.05, 3.63) is 89.5 Å². The fourth-order valence-corrected chi connectivity index (χ4v) is 3.74. The largest absolute Gasteiger partial charge is 0.384 e. The summed E-state index contributed by atoms with van der Waals surface area (Å²) in [5.41, 5.74) is 6.73. The molecule has 6 N–H and O–H groups in total. The molecule has 0 aliphatic carbocycles. The van der Waals surface area contributed by atoms with Crippen molar-refractivity contribution in [1.82, 2.24) is 0 Å². The summed E-state index contributed by atoms with van der Waals surface area (Å²) in [6.45, 7) is 1.39. The summed E-state index contributed by atoms with van der Waals surface area (Å²) >= 11 is -1.95. The smallest absolute Gasteiger partial charge is 0.284 e. The Bertz CT molecular complexity index is 1290. The van der Waals surface area contributed by atoms with Gasteiger partial charge in [-0.3, -0.25) is 10.2 Å². The van der Waals surface area contributed by atoms with Crippen LogP contribution in [0.3, 0.4) is 0 Å². The molecule has 1 atom stereocenters. The van der Waals surface area contributed by atoms with Crippen molar-refractivity contribution in [2.24, 2.45) is 11.6 Å². The minimum absolute atomic E-state index is 0.00539. The lowest BCUT2D eigenvalue weighted by molar-refractivity contribution is -0.114. The number of carbonyl (C=O) groups excluding carboxylic acids is 1. The summed E-state index contributed by atoms with van der Waals surface area (Å²) < 4.78 is 45.8. The van der Waals surface area contributed by atoms with Crippen LogP contribution in [0.2, 0.25) is 0 Å². The zero-order chi connectivity index (χ0) is 24.1. The monoisotopic (exact) mass is 470 g/mol. The molecule has 7 nitrogen and oxygen atoms in total.